The summed E-state index contributed by atoms with van der Waals surface area (Å²) in [7, 11) is 3.10. The molecule has 0 aliphatic rings. The van der Waals surface area contributed by atoms with E-state index in [4.69, 9.17) is 32.7 Å². The van der Waals surface area contributed by atoms with E-state index in [1.165, 1.54) is 0 Å². The van der Waals surface area contributed by atoms with Gasteiger partial charge in [0.1, 0.15) is 5.82 Å². The Hall–Kier alpha value is -1.59. The number of ether oxygens (including phenoxy) is 2. The maximum atomic E-state index is 13.2. The van der Waals surface area contributed by atoms with Crippen molar-refractivity contribution in [2.45, 2.75) is 6.42 Å². The Morgan fingerprint density at radius 2 is 1.65 bits per heavy atom. The normalized spacial score (nSPS) is 10.4. The zero-order valence-corrected chi connectivity index (χ0v) is 12.3. The molecular formula is C13H11Cl2FN2O2. The van der Waals surface area contributed by atoms with Crippen LogP contribution in [0.25, 0.3) is 0 Å². The van der Waals surface area contributed by atoms with Crippen molar-refractivity contribution in [1.29, 1.82) is 0 Å². The Bertz CT molecular complexity index is 615. The lowest BCUT2D eigenvalue weighted by atomic mass is 10.1. The molecule has 0 radical (unpaired) electrons. The smallest absolute Gasteiger partial charge is 0.197 e. The Kier molecular flexibility index (Phi) is 4.62. The summed E-state index contributed by atoms with van der Waals surface area (Å²) < 4.78 is 23.6. The molecule has 106 valence electrons. The average molecular weight is 317 g/mol. The van der Waals surface area contributed by atoms with E-state index in [-0.39, 0.29) is 10.3 Å². The first kappa shape index (κ1) is 14.8. The highest BCUT2D eigenvalue weighted by Crippen LogP contribution is 2.28. The molecule has 4 nitrogen and oxygen atoms in total. The summed E-state index contributed by atoms with van der Waals surface area (Å²) >= 11 is 11.3. The molecule has 0 fully saturated rings. The van der Waals surface area contributed by atoms with E-state index < -0.39 is 5.82 Å². The summed E-state index contributed by atoms with van der Waals surface area (Å²) in [4.78, 5) is 7.70. The van der Waals surface area contributed by atoms with Gasteiger partial charge in [-0.05, 0) is 17.7 Å². The number of halogens is 3. The van der Waals surface area contributed by atoms with Gasteiger partial charge in [0.25, 0.3) is 0 Å². The van der Waals surface area contributed by atoms with Crippen molar-refractivity contribution in [2.75, 3.05) is 14.2 Å². The van der Waals surface area contributed by atoms with E-state index in [0.29, 0.717) is 23.7 Å². The monoisotopic (exact) mass is 316 g/mol. The summed E-state index contributed by atoms with van der Waals surface area (Å²) in [5.74, 6) is 0.717. The van der Waals surface area contributed by atoms with Crippen molar-refractivity contribution in [3.05, 3.63) is 45.7 Å². The lowest BCUT2D eigenvalue weighted by Gasteiger charge is -2.09. The second kappa shape index (κ2) is 6.24. The van der Waals surface area contributed by atoms with Crippen LogP contribution < -0.4 is 9.47 Å². The van der Waals surface area contributed by atoms with E-state index in [2.05, 4.69) is 9.97 Å². The second-order valence-corrected chi connectivity index (χ2v) is 4.62. The van der Waals surface area contributed by atoms with Crippen molar-refractivity contribution < 1.29 is 13.9 Å². The molecule has 0 saturated carbocycles. The van der Waals surface area contributed by atoms with Crippen LogP contribution in [0.5, 0.6) is 11.5 Å². The van der Waals surface area contributed by atoms with Crippen molar-refractivity contribution in [2.24, 2.45) is 0 Å². The summed E-state index contributed by atoms with van der Waals surface area (Å²) in [6.45, 7) is 0. The number of rotatable bonds is 4. The first-order chi connectivity index (χ1) is 9.55. The average Bonchev–Trinajstić information content (AvgIpc) is 2.44. The molecule has 1 aromatic heterocycles. The van der Waals surface area contributed by atoms with Crippen LogP contribution in [-0.4, -0.2) is 24.2 Å². The van der Waals surface area contributed by atoms with Gasteiger partial charge in [0.05, 0.1) is 14.2 Å². The van der Waals surface area contributed by atoms with Crippen LogP contribution in [-0.2, 0) is 6.42 Å². The van der Waals surface area contributed by atoms with Crippen LogP contribution in [0.1, 0.15) is 11.4 Å². The highest BCUT2D eigenvalue weighted by atomic mass is 35.5. The fraction of sp³-hybridized carbons (Fsp3) is 0.231. The molecule has 2 aromatic rings. The molecule has 0 atom stereocenters. The standard InChI is InChI=1S/C13H11Cl2FN2O2/c1-19-8-4-3-7(5-9(8)20-2)6-10-17-12(14)11(16)13(15)18-10/h3-5H,6H2,1-2H3. The van der Waals surface area contributed by atoms with Gasteiger partial charge in [0.15, 0.2) is 27.6 Å². The van der Waals surface area contributed by atoms with Gasteiger partial charge >= 0.3 is 0 Å². The molecular weight excluding hydrogens is 306 g/mol. The van der Waals surface area contributed by atoms with Crippen molar-refractivity contribution in [1.82, 2.24) is 9.97 Å². The molecule has 0 aliphatic heterocycles. The summed E-state index contributed by atoms with van der Waals surface area (Å²) in [5, 5.41) is -0.582. The van der Waals surface area contributed by atoms with Gasteiger partial charge in [-0.2, -0.15) is 0 Å². The fourth-order valence-electron chi connectivity index (χ4n) is 1.69. The molecule has 0 spiro atoms. The number of nitrogens with zero attached hydrogens (tertiary/aromatic N) is 2. The van der Waals surface area contributed by atoms with Crippen LogP contribution in [0.15, 0.2) is 18.2 Å². The lowest BCUT2D eigenvalue weighted by molar-refractivity contribution is 0.354. The van der Waals surface area contributed by atoms with Crippen LogP contribution in [0.4, 0.5) is 4.39 Å². The predicted molar refractivity (Wildman–Crippen MR) is 74.4 cm³/mol. The molecule has 1 aromatic carbocycles. The molecule has 0 N–H and O–H groups in total. The minimum absolute atomic E-state index is 0.291. The summed E-state index contributed by atoms with van der Waals surface area (Å²) in [6.07, 6.45) is 0.347. The van der Waals surface area contributed by atoms with E-state index >= 15 is 0 Å². The van der Waals surface area contributed by atoms with Crippen molar-refractivity contribution >= 4 is 23.2 Å². The zero-order chi connectivity index (χ0) is 14.7. The van der Waals surface area contributed by atoms with Crippen LogP contribution in [0.3, 0.4) is 0 Å². The minimum Gasteiger partial charge on any atom is -0.493 e. The molecule has 2 rings (SSSR count). The van der Waals surface area contributed by atoms with Gasteiger partial charge in [-0.1, -0.05) is 29.3 Å². The molecule has 0 saturated heterocycles. The number of hydrogen-bond donors (Lipinski definition) is 0. The van der Waals surface area contributed by atoms with Gasteiger partial charge in [-0.3, -0.25) is 0 Å². The third-order valence-electron chi connectivity index (χ3n) is 2.63. The molecule has 0 aliphatic carbocycles. The quantitative estimate of drug-likeness (QED) is 0.809. The van der Waals surface area contributed by atoms with Crippen LogP contribution >= 0.6 is 23.2 Å². The van der Waals surface area contributed by atoms with Crippen LogP contribution in [0, 0.1) is 5.82 Å². The SMILES string of the molecule is COc1ccc(Cc2nc(Cl)c(F)c(Cl)n2)cc1OC. The largest absolute Gasteiger partial charge is 0.493 e. The highest BCUT2D eigenvalue weighted by molar-refractivity contribution is 6.33. The number of aromatic nitrogens is 2. The van der Waals surface area contributed by atoms with Gasteiger partial charge in [-0.15, -0.1) is 0 Å². The van der Waals surface area contributed by atoms with Gasteiger partial charge in [0, 0.05) is 6.42 Å². The maximum absolute atomic E-state index is 13.2. The lowest BCUT2D eigenvalue weighted by Crippen LogP contribution is -2.01. The molecule has 20 heavy (non-hydrogen) atoms. The highest BCUT2D eigenvalue weighted by Gasteiger charge is 2.12. The Morgan fingerprint density at radius 1 is 1.05 bits per heavy atom. The van der Waals surface area contributed by atoms with Gasteiger partial charge in [0.2, 0.25) is 0 Å². The Morgan fingerprint density at radius 3 is 2.20 bits per heavy atom. The molecule has 1 heterocycles. The van der Waals surface area contributed by atoms with E-state index in [0.717, 1.165) is 5.56 Å². The molecule has 7 heteroatoms. The number of methoxy groups -OCH3 is 2. The Balaban J connectivity index is 2.30. The first-order valence-corrected chi connectivity index (χ1v) is 6.39. The van der Waals surface area contributed by atoms with Gasteiger partial charge < -0.3 is 9.47 Å². The van der Waals surface area contributed by atoms with E-state index in [1.807, 2.05) is 6.07 Å². The van der Waals surface area contributed by atoms with Crippen LogP contribution in [0.2, 0.25) is 10.3 Å². The van der Waals surface area contributed by atoms with E-state index in [1.54, 1.807) is 26.4 Å². The predicted octanol–water partition coefficient (Wildman–Crippen LogP) is 3.53. The minimum atomic E-state index is -0.815. The van der Waals surface area contributed by atoms with Gasteiger partial charge in [-0.25, -0.2) is 14.4 Å². The second-order valence-electron chi connectivity index (χ2n) is 3.90. The fourth-order valence-corrected chi connectivity index (χ4v) is 2.11. The number of hydrogen-bond acceptors (Lipinski definition) is 4. The van der Waals surface area contributed by atoms with E-state index in [9.17, 15) is 4.39 Å². The number of benzene rings is 1. The summed E-state index contributed by atoms with van der Waals surface area (Å²) in [5.41, 5.74) is 0.862. The first-order valence-electron chi connectivity index (χ1n) is 5.63. The third kappa shape index (κ3) is 3.11. The topological polar surface area (TPSA) is 44.2 Å². The Labute approximate surface area is 125 Å². The maximum Gasteiger partial charge on any atom is 0.197 e. The molecule has 0 unspecified atom stereocenters. The van der Waals surface area contributed by atoms with Crippen molar-refractivity contribution in [3.63, 3.8) is 0 Å². The third-order valence-corrected chi connectivity index (χ3v) is 3.13. The molecule has 0 bridgehead atoms. The van der Waals surface area contributed by atoms with Crippen molar-refractivity contribution in [3.8, 4) is 11.5 Å². The summed E-state index contributed by atoms with van der Waals surface area (Å²) in [6, 6.07) is 5.38. The molecule has 0 amide bonds. The zero-order valence-electron chi connectivity index (χ0n) is 10.8.